The molecule has 0 aliphatic heterocycles. The van der Waals surface area contributed by atoms with Crippen LogP contribution < -0.4 is 0 Å². The zero-order valence-electron chi connectivity index (χ0n) is 6.74. The van der Waals surface area contributed by atoms with Gasteiger partial charge in [0.15, 0.2) is 0 Å². The Balaban J connectivity index is -0.00000000468. The normalized spacial score (nSPS) is 3.20. The van der Waals surface area contributed by atoms with E-state index in [-0.39, 0.29) is 49.3 Å². The van der Waals surface area contributed by atoms with Crippen LogP contribution in [0.3, 0.4) is 0 Å². The van der Waals surface area contributed by atoms with E-state index >= 15 is 0 Å². The standard InChI is InChI=1S/2HNO3.Ni.6H2O/c2*2-1(3)4;;;;;;;/h2*(H,2,3,4);;6*1H2/q;;+2;;;;;;. The van der Waals surface area contributed by atoms with Gasteiger partial charge in [0.05, 0.1) is 0 Å². The Morgan fingerprint density at radius 2 is 0.667 bits per heavy atom. The molecule has 104 valence electrons. The third kappa shape index (κ3) is 792. The van der Waals surface area contributed by atoms with E-state index in [4.69, 9.17) is 30.6 Å². The maximum Gasteiger partial charge on any atom is 2.00 e. The molecule has 0 aromatic rings. The van der Waals surface area contributed by atoms with Gasteiger partial charge in [-0.1, -0.05) is 0 Å². The second kappa shape index (κ2) is 79.4. The fraction of sp³-hybridized carbons (Fsp3) is 0. The van der Waals surface area contributed by atoms with Gasteiger partial charge < -0.3 is 43.3 Å². The maximum absolute atomic E-state index is 8.36. The summed E-state index contributed by atoms with van der Waals surface area (Å²) in [6.45, 7) is 0. The van der Waals surface area contributed by atoms with Crippen molar-refractivity contribution >= 4 is 0 Å². The predicted molar refractivity (Wildman–Crippen MR) is 39.2 cm³/mol. The third-order valence-corrected chi connectivity index (χ3v) is 0. The molecule has 0 heterocycles. The summed E-state index contributed by atoms with van der Waals surface area (Å²) in [5.74, 6) is 0. The van der Waals surface area contributed by atoms with Gasteiger partial charge in [-0.2, -0.15) is 0 Å². The van der Waals surface area contributed by atoms with Crippen molar-refractivity contribution in [3.8, 4) is 0 Å². The van der Waals surface area contributed by atoms with Crippen molar-refractivity contribution in [3.63, 3.8) is 0 Å². The summed E-state index contributed by atoms with van der Waals surface area (Å²) >= 11 is 0. The number of nitrogens with zero attached hydrogens (tertiary/aromatic N) is 2. The molecule has 15 heavy (non-hydrogen) atoms. The fourth-order valence-electron chi connectivity index (χ4n) is 0. The van der Waals surface area contributed by atoms with Gasteiger partial charge in [-0.3, -0.25) is 0 Å². The molecule has 0 aliphatic rings. The van der Waals surface area contributed by atoms with Gasteiger partial charge in [0.2, 0.25) is 0 Å². The van der Waals surface area contributed by atoms with E-state index in [2.05, 4.69) is 0 Å². The molecule has 15 heteroatoms. The van der Waals surface area contributed by atoms with Gasteiger partial charge in [-0.25, -0.2) is 0 Å². The molecular weight excluding hydrogens is 279 g/mol. The minimum Gasteiger partial charge on any atom is -0.412 e. The van der Waals surface area contributed by atoms with E-state index in [1.54, 1.807) is 0 Å². The van der Waals surface area contributed by atoms with Gasteiger partial charge in [0, 0.05) is 0 Å². The first-order valence-electron chi connectivity index (χ1n) is 1.13. The monoisotopic (exact) mass is 292 g/mol. The number of hydrogen-bond donors (Lipinski definition) is 2. The van der Waals surface area contributed by atoms with Crippen LogP contribution in [-0.4, -0.2) is 53.4 Å². The van der Waals surface area contributed by atoms with Gasteiger partial charge >= 0.3 is 16.5 Å². The summed E-state index contributed by atoms with van der Waals surface area (Å²) in [5.41, 5.74) is 0. The average Bonchev–Trinajstić information content (AvgIpc) is 1.25. The van der Waals surface area contributed by atoms with Crippen LogP contribution >= 0.6 is 0 Å². The largest absolute Gasteiger partial charge is 2.00 e. The zero-order chi connectivity index (χ0) is 7.15. The van der Waals surface area contributed by atoms with E-state index in [0.717, 1.165) is 0 Å². The molecule has 0 bridgehead atoms. The molecule has 0 amide bonds. The Morgan fingerprint density at radius 3 is 0.667 bits per heavy atom. The van der Waals surface area contributed by atoms with E-state index < -0.39 is 10.2 Å². The van der Waals surface area contributed by atoms with E-state index in [0.29, 0.717) is 0 Å². The Kier molecular flexibility index (Phi) is 534. The molecule has 14 N–H and O–H groups in total. The van der Waals surface area contributed by atoms with Crippen molar-refractivity contribution in [2.45, 2.75) is 0 Å². The molecule has 0 aromatic carbocycles. The minimum atomic E-state index is -1.50. The molecule has 0 aliphatic carbocycles. The number of rotatable bonds is 0. The molecule has 0 unspecified atom stereocenters. The van der Waals surface area contributed by atoms with Crippen LogP contribution in [0.2, 0.25) is 0 Å². The average molecular weight is 293 g/mol. The third-order valence-electron chi connectivity index (χ3n) is 0. The molecule has 0 saturated carbocycles. The van der Waals surface area contributed by atoms with Crippen LogP contribution in [0.15, 0.2) is 0 Å². The second-order valence-corrected chi connectivity index (χ2v) is 0.476. The Bertz CT molecular complexity index is 71.6. The number of hydrogen-bond acceptors (Lipinski definition) is 4. The van der Waals surface area contributed by atoms with Crippen molar-refractivity contribution < 1.29 is 69.9 Å². The van der Waals surface area contributed by atoms with Gasteiger partial charge in [-0.05, 0) is 0 Å². The van der Waals surface area contributed by atoms with Crippen molar-refractivity contribution in [1.82, 2.24) is 0 Å². The summed E-state index contributed by atoms with van der Waals surface area (Å²) in [5, 5.41) is 27.3. The van der Waals surface area contributed by atoms with Gasteiger partial charge in [0.25, 0.3) is 10.2 Å². The van der Waals surface area contributed by atoms with Crippen LogP contribution in [-0.2, 0) is 16.5 Å². The first-order chi connectivity index (χ1) is 3.46. The van der Waals surface area contributed by atoms with Crippen LogP contribution in [0.25, 0.3) is 0 Å². The van der Waals surface area contributed by atoms with E-state index in [1.807, 2.05) is 0 Å². The molecule has 0 fully saturated rings. The van der Waals surface area contributed by atoms with Crippen molar-refractivity contribution in [1.29, 1.82) is 0 Å². The van der Waals surface area contributed by atoms with Crippen LogP contribution in [0.5, 0.6) is 0 Å². The molecule has 0 saturated heterocycles. The first kappa shape index (κ1) is 101. The summed E-state index contributed by atoms with van der Waals surface area (Å²) in [6, 6.07) is 0. The first-order valence-corrected chi connectivity index (χ1v) is 1.13. The topological polar surface area (TPSA) is 316 Å². The summed E-state index contributed by atoms with van der Waals surface area (Å²) < 4.78 is 0. The van der Waals surface area contributed by atoms with Crippen LogP contribution in [0.4, 0.5) is 0 Å². The zero-order valence-corrected chi connectivity index (χ0v) is 7.73. The van der Waals surface area contributed by atoms with E-state index in [9.17, 15) is 0 Å². The van der Waals surface area contributed by atoms with Crippen molar-refractivity contribution in [3.05, 3.63) is 20.2 Å². The SMILES string of the molecule is O.O.O.O.O.O.O=[N+]([O-])O.O=[N+]([O-])O.[Ni+2]. The summed E-state index contributed by atoms with van der Waals surface area (Å²) in [4.78, 5) is 16.7. The summed E-state index contributed by atoms with van der Waals surface area (Å²) in [7, 11) is 0. The fourth-order valence-corrected chi connectivity index (χ4v) is 0. The van der Waals surface area contributed by atoms with Gasteiger partial charge in [-0.15, -0.1) is 20.2 Å². The minimum absolute atomic E-state index is 0. The Morgan fingerprint density at radius 1 is 0.667 bits per heavy atom. The predicted octanol–water partition coefficient (Wildman–Crippen LogP) is -5.65. The molecule has 0 atom stereocenters. The van der Waals surface area contributed by atoms with E-state index in [1.165, 1.54) is 0 Å². The Labute approximate surface area is 91.1 Å². The quantitative estimate of drug-likeness (QED) is 0.248. The summed E-state index contributed by atoms with van der Waals surface area (Å²) in [6.07, 6.45) is 0. The Hall–Kier alpha value is -1.35. The van der Waals surface area contributed by atoms with Crippen molar-refractivity contribution in [2.24, 2.45) is 0 Å². The van der Waals surface area contributed by atoms with Crippen LogP contribution in [0.1, 0.15) is 0 Å². The molecular formula is H14N2NiO12+2. The molecule has 0 spiro atoms. The molecule has 0 aromatic heterocycles. The maximum atomic E-state index is 8.36. The molecule has 14 nitrogen and oxygen atoms in total. The smallest absolute Gasteiger partial charge is 0.412 e. The second-order valence-electron chi connectivity index (χ2n) is 0.476. The molecule has 0 radical (unpaired) electrons. The van der Waals surface area contributed by atoms with Gasteiger partial charge in [0.1, 0.15) is 0 Å². The van der Waals surface area contributed by atoms with Crippen LogP contribution in [0, 0.1) is 20.2 Å². The van der Waals surface area contributed by atoms with Crippen molar-refractivity contribution in [2.75, 3.05) is 0 Å². The molecule has 0 rings (SSSR count).